The topological polar surface area (TPSA) is 82.3 Å². The van der Waals surface area contributed by atoms with Gasteiger partial charge in [-0.3, -0.25) is 15.1 Å². The van der Waals surface area contributed by atoms with Crippen LogP contribution in [0.1, 0.15) is 36.8 Å². The number of halogens is 1. The highest BCUT2D eigenvalue weighted by molar-refractivity contribution is 6.01. The molecule has 0 spiro atoms. The quantitative estimate of drug-likeness (QED) is 0.199. The second kappa shape index (κ2) is 10.3. The van der Waals surface area contributed by atoms with Crippen LogP contribution in [0.25, 0.3) is 55.6 Å². The molecule has 6 aromatic rings. The van der Waals surface area contributed by atoms with E-state index in [0.29, 0.717) is 0 Å². The molecule has 0 aliphatic heterocycles. The second-order valence-corrected chi connectivity index (χ2v) is 11.0. The lowest BCUT2D eigenvalue weighted by Gasteiger charge is -2.12. The van der Waals surface area contributed by atoms with E-state index in [1.54, 1.807) is 12.3 Å². The van der Waals surface area contributed by atoms with E-state index in [0.717, 1.165) is 80.1 Å². The van der Waals surface area contributed by atoms with E-state index in [-0.39, 0.29) is 5.82 Å². The van der Waals surface area contributed by atoms with Crippen molar-refractivity contribution in [3.05, 3.63) is 90.1 Å². The smallest absolute Gasteiger partial charge is 0.123 e. The van der Waals surface area contributed by atoms with Crippen molar-refractivity contribution in [2.45, 2.75) is 39.2 Å². The first kappa shape index (κ1) is 24.7. The van der Waals surface area contributed by atoms with Crippen LogP contribution in [0.4, 0.5) is 4.39 Å². The van der Waals surface area contributed by atoms with Gasteiger partial charge in [-0.2, -0.15) is 5.10 Å². The monoisotopic (exact) mass is 530 g/mol. The van der Waals surface area contributed by atoms with E-state index in [9.17, 15) is 4.39 Å². The number of hydrogen-bond donors (Lipinski definition) is 3. The molecule has 200 valence electrons. The maximum absolute atomic E-state index is 14.0. The van der Waals surface area contributed by atoms with Gasteiger partial charge < -0.3 is 10.3 Å². The molecule has 40 heavy (non-hydrogen) atoms. The Kier molecular flexibility index (Phi) is 6.36. The zero-order valence-corrected chi connectivity index (χ0v) is 22.5. The zero-order valence-electron chi connectivity index (χ0n) is 22.5. The van der Waals surface area contributed by atoms with Gasteiger partial charge in [0.05, 0.1) is 16.9 Å². The third-order valence-electron chi connectivity index (χ3n) is 8.15. The Hall–Kier alpha value is -4.36. The van der Waals surface area contributed by atoms with Crippen molar-refractivity contribution in [1.82, 2.24) is 30.5 Å². The van der Waals surface area contributed by atoms with Crippen molar-refractivity contribution in [3.63, 3.8) is 0 Å². The van der Waals surface area contributed by atoms with Crippen LogP contribution in [0.15, 0.2) is 73.2 Å². The SMILES string of the molecule is Cc1cc2[nH]nc(-c3cc4c(-c5cccc(F)c5)nccc4[nH]3)c2cc1-c1cncc(CNCC2CCCC2)c1. The molecule has 4 heterocycles. The highest BCUT2D eigenvalue weighted by Gasteiger charge is 2.17. The van der Waals surface area contributed by atoms with Crippen molar-refractivity contribution in [1.29, 1.82) is 0 Å². The summed E-state index contributed by atoms with van der Waals surface area (Å²) in [5.41, 5.74) is 9.68. The number of nitrogens with one attached hydrogen (secondary N) is 3. The molecular weight excluding hydrogens is 499 g/mol. The summed E-state index contributed by atoms with van der Waals surface area (Å²) >= 11 is 0. The fourth-order valence-electron chi connectivity index (χ4n) is 6.10. The number of fused-ring (bicyclic) bond motifs is 2. The fraction of sp³-hybridized carbons (Fsp3) is 0.242. The average molecular weight is 531 g/mol. The first-order chi connectivity index (χ1) is 19.6. The summed E-state index contributed by atoms with van der Waals surface area (Å²) in [6.07, 6.45) is 11.1. The molecule has 7 rings (SSSR count). The molecule has 0 bridgehead atoms. The minimum absolute atomic E-state index is 0.281. The molecule has 1 saturated carbocycles. The maximum Gasteiger partial charge on any atom is 0.123 e. The summed E-state index contributed by atoms with van der Waals surface area (Å²) in [6, 6.07) is 17.1. The van der Waals surface area contributed by atoms with Crippen LogP contribution in [0.2, 0.25) is 0 Å². The van der Waals surface area contributed by atoms with Gasteiger partial charge in [0, 0.05) is 52.6 Å². The van der Waals surface area contributed by atoms with Gasteiger partial charge in [-0.05, 0) is 91.4 Å². The molecule has 0 atom stereocenters. The molecule has 0 amide bonds. The molecule has 1 fully saturated rings. The molecule has 1 aliphatic carbocycles. The fourth-order valence-corrected chi connectivity index (χ4v) is 6.10. The van der Waals surface area contributed by atoms with Gasteiger partial charge in [0.1, 0.15) is 11.5 Å². The standard InChI is InChI=1S/C33H31FN6/c1-20-11-30-27(14-26(20)24-12-22(18-36-19-24)17-35-16-21-5-2-3-6-21)33(40-39-30)31-15-28-29(38-31)9-10-37-32(28)23-7-4-8-25(34)13-23/h4,7-15,18-19,21,35,38H,2-3,5-6,16-17H2,1H3,(H,39,40). The van der Waals surface area contributed by atoms with Gasteiger partial charge in [0.2, 0.25) is 0 Å². The molecule has 2 aromatic carbocycles. The lowest BCUT2D eigenvalue weighted by atomic mass is 9.98. The normalized spacial score (nSPS) is 14.1. The van der Waals surface area contributed by atoms with Gasteiger partial charge in [0.15, 0.2) is 0 Å². The first-order valence-electron chi connectivity index (χ1n) is 14.0. The summed E-state index contributed by atoms with van der Waals surface area (Å²) in [5.74, 6) is 0.530. The number of hydrogen-bond acceptors (Lipinski definition) is 4. The highest BCUT2D eigenvalue weighted by atomic mass is 19.1. The average Bonchev–Trinajstić information content (AvgIpc) is 3.72. The van der Waals surface area contributed by atoms with Gasteiger partial charge in [-0.1, -0.05) is 25.0 Å². The van der Waals surface area contributed by atoms with Crippen molar-refractivity contribution in [2.24, 2.45) is 5.92 Å². The third kappa shape index (κ3) is 4.67. The zero-order chi connectivity index (χ0) is 27.1. The minimum atomic E-state index is -0.281. The Morgan fingerprint density at radius 3 is 2.67 bits per heavy atom. The van der Waals surface area contributed by atoms with E-state index in [1.165, 1.54) is 43.4 Å². The Bertz CT molecular complexity index is 1830. The first-order valence-corrected chi connectivity index (χ1v) is 14.0. The van der Waals surface area contributed by atoms with Gasteiger partial charge in [-0.25, -0.2) is 4.39 Å². The Morgan fingerprint density at radius 2 is 1.80 bits per heavy atom. The predicted octanol–water partition coefficient (Wildman–Crippen LogP) is 7.56. The second-order valence-electron chi connectivity index (χ2n) is 11.0. The van der Waals surface area contributed by atoms with E-state index in [2.05, 4.69) is 61.7 Å². The largest absolute Gasteiger partial charge is 0.353 e. The number of aryl methyl sites for hydroxylation is 1. The number of aromatic amines is 2. The van der Waals surface area contributed by atoms with Crippen molar-refractivity contribution >= 4 is 21.8 Å². The van der Waals surface area contributed by atoms with Gasteiger partial charge in [-0.15, -0.1) is 0 Å². The molecular formula is C33H31FN6. The Balaban J connectivity index is 1.23. The van der Waals surface area contributed by atoms with Crippen molar-refractivity contribution in [3.8, 4) is 33.8 Å². The van der Waals surface area contributed by atoms with Crippen LogP contribution in [0.3, 0.4) is 0 Å². The summed E-state index contributed by atoms with van der Waals surface area (Å²) in [4.78, 5) is 12.6. The number of nitrogens with zero attached hydrogens (tertiary/aromatic N) is 3. The third-order valence-corrected chi connectivity index (χ3v) is 8.15. The summed E-state index contributed by atoms with van der Waals surface area (Å²) in [5, 5.41) is 13.5. The summed E-state index contributed by atoms with van der Waals surface area (Å²) in [7, 11) is 0. The Labute approximate surface area is 232 Å². The van der Waals surface area contributed by atoms with E-state index in [1.807, 2.05) is 24.5 Å². The number of benzene rings is 2. The van der Waals surface area contributed by atoms with E-state index >= 15 is 0 Å². The number of aromatic nitrogens is 5. The molecule has 0 unspecified atom stereocenters. The summed E-state index contributed by atoms with van der Waals surface area (Å²) in [6.45, 7) is 4.03. The van der Waals surface area contributed by atoms with Crippen LogP contribution >= 0.6 is 0 Å². The number of H-pyrrole nitrogens is 2. The highest BCUT2D eigenvalue weighted by Crippen LogP contribution is 2.36. The molecule has 0 radical (unpaired) electrons. The van der Waals surface area contributed by atoms with Crippen molar-refractivity contribution < 1.29 is 4.39 Å². The van der Waals surface area contributed by atoms with Crippen LogP contribution in [0, 0.1) is 18.7 Å². The molecule has 1 aliphatic rings. The molecule has 3 N–H and O–H groups in total. The molecule has 7 heteroatoms. The van der Waals surface area contributed by atoms with Crippen molar-refractivity contribution in [2.75, 3.05) is 6.54 Å². The Morgan fingerprint density at radius 1 is 0.925 bits per heavy atom. The number of pyridine rings is 2. The van der Waals surface area contributed by atoms with Gasteiger partial charge in [0.25, 0.3) is 0 Å². The van der Waals surface area contributed by atoms with E-state index < -0.39 is 0 Å². The maximum atomic E-state index is 14.0. The van der Waals surface area contributed by atoms with Crippen LogP contribution < -0.4 is 5.32 Å². The molecule has 4 aromatic heterocycles. The minimum Gasteiger partial charge on any atom is -0.353 e. The van der Waals surface area contributed by atoms with Crippen LogP contribution in [0.5, 0.6) is 0 Å². The van der Waals surface area contributed by atoms with Crippen LogP contribution in [-0.2, 0) is 6.54 Å². The molecule has 0 saturated heterocycles. The predicted molar refractivity (Wildman–Crippen MR) is 158 cm³/mol. The lowest BCUT2D eigenvalue weighted by molar-refractivity contribution is 0.489. The lowest BCUT2D eigenvalue weighted by Crippen LogP contribution is -2.20. The van der Waals surface area contributed by atoms with E-state index in [4.69, 9.17) is 0 Å². The summed E-state index contributed by atoms with van der Waals surface area (Å²) < 4.78 is 14.0. The van der Waals surface area contributed by atoms with Gasteiger partial charge >= 0.3 is 0 Å². The number of rotatable bonds is 7. The van der Waals surface area contributed by atoms with Crippen LogP contribution in [-0.4, -0.2) is 31.7 Å². The molecule has 6 nitrogen and oxygen atoms in total.